The molecule has 39 heavy (non-hydrogen) atoms. The van der Waals surface area contributed by atoms with Crippen LogP contribution in [0.15, 0.2) is 115 Å². The van der Waals surface area contributed by atoms with E-state index in [9.17, 15) is 9.18 Å². The number of hydrogen-bond donors (Lipinski definition) is 2. The Labute approximate surface area is 228 Å². The van der Waals surface area contributed by atoms with Gasteiger partial charge in [0.25, 0.3) is 0 Å². The summed E-state index contributed by atoms with van der Waals surface area (Å²) in [4.78, 5) is 18.3. The van der Waals surface area contributed by atoms with Crippen LogP contribution in [-0.4, -0.2) is 20.7 Å². The van der Waals surface area contributed by atoms with Crippen LogP contribution < -0.4 is 10.6 Å². The molecule has 0 saturated carbocycles. The summed E-state index contributed by atoms with van der Waals surface area (Å²) in [6.07, 6.45) is 8.62. The number of benzene rings is 3. The van der Waals surface area contributed by atoms with E-state index in [1.54, 1.807) is 41.9 Å². The summed E-state index contributed by atoms with van der Waals surface area (Å²) in [5.41, 5.74) is 4.79. The third-order valence-electron chi connectivity index (χ3n) is 6.13. The number of carbonyl (C=O) groups is 1. The first-order chi connectivity index (χ1) is 19.1. The first kappa shape index (κ1) is 24.3. The van der Waals surface area contributed by atoms with Crippen molar-refractivity contribution in [2.45, 2.75) is 0 Å². The molecular weight excluding hydrogens is 509 g/mol. The molecule has 0 atom stereocenters. The highest BCUT2D eigenvalue weighted by atomic mass is 32.1. The second-order valence-corrected chi connectivity index (χ2v) is 9.67. The summed E-state index contributed by atoms with van der Waals surface area (Å²) in [6, 6.07) is 25.6. The van der Waals surface area contributed by atoms with Crippen molar-refractivity contribution in [3.8, 4) is 16.3 Å². The zero-order chi connectivity index (χ0) is 26.6. The maximum absolute atomic E-state index is 13.3. The fourth-order valence-electron chi connectivity index (χ4n) is 4.26. The number of hydrogen-bond acceptors (Lipinski definition) is 5. The van der Waals surface area contributed by atoms with Crippen LogP contribution in [0.2, 0.25) is 0 Å². The molecule has 6 aromatic rings. The Morgan fingerprint density at radius 2 is 1.72 bits per heavy atom. The second kappa shape index (κ2) is 10.7. The van der Waals surface area contributed by atoms with E-state index in [0.29, 0.717) is 5.69 Å². The minimum Gasteiger partial charge on any atom is -0.355 e. The molecule has 0 aliphatic rings. The van der Waals surface area contributed by atoms with Gasteiger partial charge in [0.05, 0.1) is 16.3 Å². The highest BCUT2D eigenvalue weighted by Crippen LogP contribution is 2.32. The molecule has 3 heterocycles. The Morgan fingerprint density at radius 1 is 0.897 bits per heavy atom. The smallest absolute Gasteiger partial charge is 0.248 e. The molecular formula is C31H22FN5OS. The van der Waals surface area contributed by atoms with E-state index in [2.05, 4.69) is 15.6 Å². The molecule has 1 amide bonds. The lowest BCUT2D eigenvalue weighted by Gasteiger charge is -2.13. The minimum absolute atomic E-state index is 0.274. The zero-order valence-corrected chi connectivity index (χ0v) is 21.4. The number of nitrogens with one attached hydrogen (secondary N) is 2. The highest BCUT2D eigenvalue weighted by molar-refractivity contribution is 7.13. The molecule has 6 nitrogen and oxygen atoms in total. The Balaban J connectivity index is 1.26. The number of thiophene rings is 1. The van der Waals surface area contributed by atoms with Crippen molar-refractivity contribution in [3.05, 3.63) is 126 Å². The van der Waals surface area contributed by atoms with E-state index in [0.717, 1.165) is 44.0 Å². The molecule has 190 valence electrons. The minimum atomic E-state index is -0.296. The van der Waals surface area contributed by atoms with Crippen LogP contribution in [0.5, 0.6) is 0 Å². The number of fused-ring (bicyclic) bond motifs is 1. The summed E-state index contributed by atoms with van der Waals surface area (Å²) in [6.45, 7) is 0. The number of aromatic nitrogens is 3. The molecule has 3 aromatic carbocycles. The number of amides is 1. The zero-order valence-electron chi connectivity index (χ0n) is 20.6. The second-order valence-electron chi connectivity index (χ2n) is 8.73. The van der Waals surface area contributed by atoms with Crippen LogP contribution in [0.3, 0.4) is 0 Å². The third kappa shape index (κ3) is 5.32. The SMILES string of the molecule is O=C(/C=C/c1cn(-c2ccccc2)nc1-c1cccs1)Nc1ccc(Nc2ccc(F)cc2)c2ccncc12. The van der Waals surface area contributed by atoms with Gasteiger partial charge in [-0.2, -0.15) is 5.10 Å². The van der Waals surface area contributed by atoms with Crippen LogP contribution in [0.4, 0.5) is 21.5 Å². The molecule has 0 aliphatic heterocycles. The summed E-state index contributed by atoms with van der Waals surface area (Å²) in [7, 11) is 0. The highest BCUT2D eigenvalue weighted by Gasteiger charge is 2.13. The van der Waals surface area contributed by atoms with Gasteiger partial charge < -0.3 is 10.6 Å². The van der Waals surface area contributed by atoms with E-state index in [4.69, 9.17) is 5.10 Å². The Kier molecular flexibility index (Phi) is 6.67. The molecule has 6 rings (SSSR count). The van der Waals surface area contributed by atoms with Crippen molar-refractivity contribution >= 4 is 51.2 Å². The largest absolute Gasteiger partial charge is 0.355 e. The van der Waals surface area contributed by atoms with Gasteiger partial charge >= 0.3 is 0 Å². The van der Waals surface area contributed by atoms with Crippen LogP contribution in [0.25, 0.3) is 33.1 Å². The van der Waals surface area contributed by atoms with Gasteiger partial charge in [-0.25, -0.2) is 9.07 Å². The molecule has 0 saturated heterocycles. The molecule has 8 heteroatoms. The Morgan fingerprint density at radius 3 is 2.51 bits per heavy atom. The van der Waals surface area contributed by atoms with E-state index in [-0.39, 0.29) is 11.7 Å². The fourth-order valence-corrected chi connectivity index (χ4v) is 4.99. The van der Waals surface area contributed by atoms with Gasteiger partial charge in [-0.05, 0) is 72.1 Å². The maximum atomic E-state index is 13.3. The number of para-hydroxylation sites is 1. The van der Waals surface area contributed by atoms with Crippen LogP contribution in [0.1, 0.15) is 5.56 Å². The first-order valence-electron chi connectivity index (χ1n) is 12.2. The van der Waals surface area contributed by atoms with Crippen LogP contribution >= 0.6 is 11.3 Å². The normalized spacial score (nSPS) is 11.2. The monoisotopic (exact) mass is 531 g/mol. The van der Waals surface area contributed by atoms with E-state index in [1.165, 1.54) is 18.2 Å². The number of nitrogens with zero attached hydrogens (tertiary/aromatic N) is 3. The van der Waals surface area contributed by atoms with Crippen molar-refractivity contribution in [1.82, 2.24) is 14.8 Å². The molecule has 0 aliphatic carbocycles. The number of halogens is 1. The molecule has 0 unspecified atom stereocenters. The van der Waals surface area contributed by atoms with Crippen molar-refractivity contribution in [2.75, 3.05) is 10.6 Å². The van der Waals surface area contributed by atoms with Crippen LogP contribution in [0, 0.1) is 5.82 Å². The Bertz CT molecular complexity index is 1780. The molecule has 0 spiro atoms. The lowest BCUT2D eigenvalue weighted by Crippen LogP contribution is -2.08. The predicted octanol–water partition coefficient (Wildman–Crippen LogP) is 7.68. The van der Waals surface area contributed by atoms with Gasteiger partial charge in [0.15, 0.2) is 0 Å². The molecule has 0 bridgehead atoms. The van der Waals surface area contributed by atoms with E-state index in [1.807, 2.05) is 76.9 Å². The fraction of sp³-hybridized carbons (Fsp3) is 0. The van der Waals surface area contributed by atoms with Crippen LogP contribution in [-0.2, 0) is 4.79 Å². The summed E-state index contributed by atoms with van der Waals surface area (Å²) in [5, 5.41) is 14.7. The van der Waals surface area contributed by atoms with E-state index < -0.39 is 0 Å². The average Bonchev–Trinajstić information content (AvgIpc) is 3.65. The van der Waals surface area contributed by atoms with Gasteiger partial charge in [0.1, 0.15) is 11.5 Å². The lowest BCUT2D eigenvalue weighted by atomic mass is 10.1. The van der Waals surface area contributed by atoms with Crippen molar-refractivity contribution in [3.63, 3.8) is 0 Å². The molecule has 2 N–H and O–H groups in total. The predicted molar refractivity (Wildman–Crippen MR) is 156 cm³/mol. The topological polar surface area (TPSA) is 71.8 Å². The van der Waals surface area contributed by atoms with Gasteiger partial charge in [0, 0.05) is 52.4 Å². The summed E-state index contributed by atoms with van der Waals surface area (Å²) in [5.74, 6) is -0.570. The van der Waals surface area contributed by atoms with Gasteiger partial charge in [0.2, 0.25) is 5.91 Å². The third-order valence-corrected chi connectivity index (χ3v) is 7.01. The summed E-state index contributed by atoms with van der Waals surface area (Å²) < 4.78 is 15.1. The number of rotatable bonds is 7. The van der Waals surface area contributed by atoms with Gasteiger partial charge in [-0.3, -0.25) is 9.78 Å². The number of carbonyl (C=O) groups excluding carboxylic acids is 1. The van der Waals surface area contributed by atoms with Gasteiger partial charge in [-0.15, -0.1) is 11.3 Å². The first-order valence-corrected chi connectivity index (χ1v) is 13.1. The molecule has 3 aromatic heterocycles. The van der Waals surface area contributed by atoms with E-state index >= 15 is 0 Å². The number of pyridine rings is 1. The molecule has 0 radical (unpaired) electrons. The average molecular weight is 532 g/mol. The lowest BCUT2D eigenvalue weighted by molar-refractivity contribution is -0.111. The standard InChI is InChI=1S/C31H22FN5OS/c32-22-9-11-23(12-10-22)34-27-13-14-28(26-19-33-17-16-25(26)27)35-30(38)15-8-21-20-37(24-5-2-1-3-6-24)36-31(21)29-7-4-18-39-29/h1-20,34H,(H,35,38)/b15-8+. The number of anilines is 3. The van der Waals surface area contributed by atoms with Gasteiger partial charge in [-0.1, -0.05) is 24.3 Å². The Hall–Kier alpha value is -5.08. The van der Waals surface area contributed by atoms with Crippen molar-refractivity contribution < 1.29 is 9.18 Å². The maximum Gasteiger partial charge on any atom is 0.248 e. The quantitative estimate of drug-likeness (QED) is 0.207. The summed E-state index contributed by atoms with van der Waals surface area (Å²) >= 11 is 1.60. The molecule has 0 fully saturated rings. The van der Waals surface area contributed by atoms with Crippen molar-refractivity contribution in [2.24, 2.45) is 0 Å². The van der Waals surface area contributed by atoms with Crippen molar-refractivity contribution in [1.29, 1.82) is 0 Å².